The lowest BCUT2D eigenvalue weighted by atomic mass is 9.78. The normalized spacial score (nSPS) is 26.7. The summed E-state index contributed by atoms with van der Waals surface area (Å²) in [5.41, 5.74) is 7.35. The zero-order valence-electron chi connectivity index (χ0n) is 7.74. The van der Waals surface area contributed by atoms with E-state index in [1.54, 1.807) is 0 Å². The molecule has 2 aliphatic rings. The van der Waals surface area contributed by atoms with Crippen molar-refractivity contribution < 1.29 is 5.21 Å². The molecule has 13 heavy (non-hydrogen) atoms. The van der Waals surface area contributed by atoms with E-state index in [0.29, 0.717) is 6.04 Å². The van der Waals surface area contributed by atoms with Crippen LogP contribution in [0.5, 0.6) is 0 Å². The molecule has 0 amide bonds. The molecule has 1 unspecified atom stereocenters. The molecular formula is C9H17N3O. The molecule has 0 aromatic carbocycles. The van der Waals surface area contributed by atoms with Gasteiger partial charge in [-0.1, -0.05) is 6.42 Å². The fourth-order valence-electron chi connectivity index (χ4n) is 2.00. The number of rotatable bonds is 3. The first-order valence-electron chi connectivity index (χ1n) is 5.04. The van der Waals surface area contributed by atoms with Gasteiger partial charge in [0.25, 0.3) is 0 Å². The number of hydroxylamine groups is 1. The lowest BCUT2D eigenvalue weighted by Gasteiger charge is -2.31. The van der Waals surface area contributed by atoms with E-state index in [4.69, 9.17) is 10.9 Å². The molecule has 4 nitrogen and oxygen atoms in total. The lowest BCUT2D eigenvalue weighted by Crippen LogP contribution is -2.34. The van der Waals surface area contributed by atoms with Crippen LogP contribution >= 0.6 is 0 Å². The van der Waals surface area contributed by atoms with E-state index in [1.165, 1.54) is 32.1 Å². The van der Waals surface area contributed by atoms with Gasteiger partial charge in [-0.3, -0.25) is 5.21 Å². The summed E-state index contributed by atoms with van der Waals surface area (Å²) >= 11 is 0. The predicted octanol–water partition coefficient (Wildman–Crippen LogP) is 0.859. The highest BCUT2D eigenvalue weighted by atomic mass is 16.5. The first-order chi connectivity index (χ1) is 6.31. The average Bonchev–Trinajstić information content (AvgIpc) is 2.81. The molecule has 0 aromatic rings. The highest BCUT2D eigenvalue weighted by Gasteiger charge is 2.38. The number of nitrogens with one attached hydrogen (secondary N) is 1. The number of guanidine groups is 1. The Hall–Kier alpha value is -0.770. The molecule has 2 fully saturated rings. The molecule has 2 aliphatic carbocycles. The van der Waals surface area contributed by atoms with Gasteiger partial charge in [0.15, 0.2) is 0 Å². The van der Waals surface area contributed by atoms with E-state index >= 15 is 0 Å². The van der Waals surface area contributed by atoms with E-state index in [-0.39, 0.29) is 5.96 Å². The smallest absolute Gasteiger partial charge is 0.213 e. The Labute approximate surface area is 78.2 Å². The van der Waals surface area contributed by atoms with Gasteiger partial charge in [0, 0.05) is 0 Å². The molecule has 0 heterocycles. The summed E-state index contributed by atoms with van der Waals surface area (Å²) in [5, 5.41) is 8.55. The molecule has 0 saturated heterocycles. The van der Waals surface area contributed by atoms with E-state index in [2.05, 4.69) is 4.99 Å². The molecule has 0 bridgehead atoms. The fraction of sp³-hybridized carbons (Fsp3) is 0.889. The molecular weight excluding hydrogens is 166 g/mol. The Morgan fingerprint density at radius 2 is 1.92 bits per heavy atom. The van der Waals surface area contributed by atoms with Crippen LogP contribution in [-0.4, -0.2) is 17.2 Å². The minimum Gasteiger partial charge on any atom is -0.368 e. The van der Waals surface area contributed by atoms with Gasteiger partial charge in [-0.15, -0.1) is 0 Å². The second-order valence-electron chi connectivity index (χ2n) is 4.15. The Bertz CT molecular complexity index is 209. The molecule has 0 aliphatic heterocycles. The third kappa shape index (κ3) is 1.94. The highest BCUT2D eigenvalue weighted by Crippen LogP contribution is 2.44. The standard InChI is InChI=1S/C9H17N3O/c10-9(12-13)11-8(7-4-5-7)6-2-1-3-6/h6-8,13H,1-5H2,(H3,10,11,12). The van der Waals surface area contributed by atoms with Crippen LogP contribution < -0.4 is 11.2 Å². The van der Waals surface area contributed by atoms with E-state index in [0.717, 1.165) is 11.8 Å². The minimum atomic E-state index is 0.170. The van der Waals surface area contributed by atoms with E-state index in [1.807, 2.05) is 5.48 Å². The van der Waals surface area contributed by atoms with Crippen molar-refractivity contribution in [3.05, 3.63) is 0 Å². The highest BCUT2D eigenvalue weighted by molar-refractivity contribution is 5.76. The van der Waals surface area contributed by atoms with Crippen molar-refractivity contribution in [1.82, 2.24) is 5.48 Å². The van der Waals surface area contributed by atoms with Crippen LogP contribution in [0.15, 0.2) is 4.99 Å². The SMILES string of the molecule is NC(=NC(C1CCC1)C1CC1)NO. The maximum Gasteiger partial charge on any atom is 0.213 e. The summed E-state index contributed by atoms with van der Waals surface area (Å²) in [6, 6.07) is 0.369. The minimum absolute atomic E-state index is 0.170. The van der Waals surface area contributed by atoms with Crippen LogP contribution in [0.4, 0.5) is 0 Å². The van der Waals surface area contributed by atoms with Crippen molar-refractivity contribution in [2.75, 3.05) is 0 Å². The van der Waals surface area contributed by atoms with Crippen molar-refractivity contribution >= 4 is 5.96 Å². The molecule has 4 heteroatoms. The summed E-state index contributed by atoms with van der Waals surface area (Å²) in [7, 11) is 0. The van der Waals surface area contributed by atoms with Crippen molar-refractivity contribution in [3.8, 4) is 0 Å². The summed E-state index contributed by atoms with van der Waals surface area (Å²) in [6.07, 6.45) is 6.45. The number of hydrogen-bond acceptors (Lipinski definition) is 2. The number of hydrogen-bond donors (Lipinski definition) is 3. The van der Waals surface area contributed by atoms with Gasteiger partial charge in [-0.2, -0.15) is 0 Å². The summed E-state index contributed by atoms with van der Waals surface area (Å²) < 4.78 is 0. The maximum atomic E-state index is 8.55. The topological polar surface area (TPSA) is 70.6 Å². The number of nitrogens with two attached hydrogens (primary N) is 1. The zero-order chi connectivity index (χ0) is 9.26. The predicted molar refractivity (Wildman–Crippen MR) is 50.4 cm³/mol. The largest absolute Gasteiger partial charge is 0.368 e. The summed E-state index contributed by atoms with van der Waals surface area (Å²) in [4.78, 5) is 4.31. The van der Waals surface area contributed by atoms with E-state index in [9.17, 15) is 0 Å². The van der Waals surface area contributed by atoms with Crippen molar-refractivity contribution in [2.24, 2.45) is 22.6 Å². The second-order valence-corrected chi connectivity index (χ2v) is 4.15. The van der Waals surface area contributed by atoms with Gasteiger partial charge in [0.05, 0.1) is 6.04 Å². The Kier molecular flexibility index (Phi) is 2.40. The molecule has 2 saturated carbocycles. The first-order valence-corrected chi connectivity index (χ1v) is 5.04. The van der Waals surface area contributed by atoms with Gasteiger partial charge in [0.1, 0.15) is 0 Å². The van der Waals surface area contributed by atoms with Gasteiger partial charge in [-0.05, 0) is 37.5 Å². The Morgan fingerprint density at radius 1 is 1.31 bits per heavy atom. The van der Waals surface area contributed by atoms with Gasteiger partial charge >= 0.3 is 0 Å². The number of nitrogens with zero attached hydrogens (tertiary/aromatic N) is 1. The van der Waals surface area contributed by atoms with Crippen LogP contribution in [0, 0.1) is 11.8 Å². The quantitative estimate of drug-likeness (QED) is 0.345. The zero-order valence-corrected chi connectivity index (χ0v) is 7.74. The molecule has 4 N–H and O–H groups in total. The van der Waals surface area contributed by atoms with E-state index < -0.39 is 0 Å². The molecule has 2 rings (SSSR count). The molecule has 0 spiro atoms. The fourth-order valence-corrected chi connectivity index (χ4v) is 2.00. The van der Waals surface area contributed by atoms with Crippen molar-refractivity contribution in [3.63, 3.8) is 0 Å². The molecule has 74 valence electrons. The van der Waals surface area contributed by atoms with Crippen LogP contribution in [0.25, 0.3) is 0 Å². The third-order valence-corrected chi connectivity index (χ3v) is 3.14. The maximum absolute atomic E-state index is 8.55. The van der Waals surface area contributed by atoms with Crippen LogP contribution in [0.2, 0.25) is 0 Å². The molecule has 0 radical (unpaired) electrons. The third-order valence-electron chi connectivity index (χ3n) is 3.14. The second kappa shape index (κ2) is 3.54. The summed E-state index contributed by atoms with van der Waals surface area (Å²) in [5.74, 6) is 1.63. The summed E-state index contributed by atoms with van der Waals surface area (Å²) in [6.45, 7) is 0. The van der Waals surface area contributed by atoms with Crippen molar-refractivity contribution in [2.45, 2.75) is 38.1 Å². The van der Waals surface area contributed by atoms with Crippen LogP contribution in [0.3, 0.4) is 0 Å². The number of aliphatic imine (C=N–C) groups is 1. The van der Waals surface area contributed by atoms with Gasteiger partial charge in [-0.25, -0.2) is 10.5 Å². The Morgan fingerprint density at radius 3 is 2.31 bits per heavy atom. The van der Waals surface area contributed by atoms with Crippen LogP contribution in [-0.2, 0) is 0 Å². The monoisotopic (exact) mass is 183 g/mol. The van der Waals surface area contributed by atoms with Crippen LogP contribution in [0.1, 0.15) is 32.1 Å². The average molecular weight is 183 g/mol. The molecule has 0 aromatic heterocycles. The first kappa shape index (κ1) is 8.81. The van der Waals surface area contributed by atoms with Crippen molar-refractivity contribution in [1.29, 1.82) is 0 Å². The van der Waals surface area contributed by atoms with Gasteiger partial charge in [0.2, 0.25) is 5.96 Å². The molecule has 1 atom stereocenters. The Balaban J connectivity index is 1.95. The lowest BCUT2D eigenvalue weighted by molar-refractivity contribution is 0.222. The van der Waals surface area contributed by atoms with Gasteiger partial charge < -0.3 is 5.73 Å².